The predicted octanol–water partition coefficient (Wildman–Crippen LogP) is 3.36. The third kappa shape index (κ3) is 6.25. The van der Waals surface area contributed by atoms with Gasteiger partial charge in [-0.3, -0.25) is 9.78 Å². The molecule has 1 amide bonds. The molecule has 0 saturated heterocycles. The first-order valence-corrected chi connectivity index (χ1v) is 8.17. The number of hydrogen-bond donors (Lipinski definition) is 1. The molecule has 0 aliphatic heterocycles. The molecule has 21 heavy (non-hydrogen) atoms. The van der Waals surface area contributed by atoms with Crippen LogP contribution in [0.3, 0.4) is 0 Å². The third-order valence-corrected chi connectivity index (χ3v) is 3.62. The van der Waals surface area contributed by atoms with Crippen molar-refractivity contribution in [1.82, 2.24) is 9.88 Å². The van der Waals surface area contributed by atoms with E-state index in [9.17, 15) is 4.79 Å². The average Bonchev–Trinajstić information content (AvgIpc) is 2.53. The van der Waals surface area contributed by atoms with Crippen LogP contribution in [0.15, 0.2) is 18.3 Å². The van der Waals surface area contributed by atoms with Gasteiger partial charge in [0.25, 0.3) is 5.91 Å². The van der Waals surface area contributed by atoms with Crippen molar-refractivity contribution in [3.63, 3.8) is 0 Å². The maximum Gasteiger partial charge on any atom is 0.253 e. The van der Waals surface area contributed by atoms with Crippen molar-refractivity contribution in [2.45, 2.75) is 58.9 Å². The molecule has 0 aliphatic carbocycles. The van der Waals surface area contributed by atoms with Crippen molar-refractivity contribution in [3.05, 3.63) is 29.6 Å². The summed E-state index contributed by atoms with van der Waals surface area (Å²) in [7, 11) is 0. The van der Waals surface area contributed by atoms with Gasteiger partial charge in [0.05, 0.1) is 5.69 Å². The number of hydrogen-bond acceptors (Lipinski definition) is 3. The summed E-state index contributed by atoms with van der Waals surface area (Å²) in [6.07, 6.45) is 8.50. The second kappa shape index (κ2) is 10.3. The first-order valence-electron chi connectivity index (χ1n) is 8.17. The lowest BCUT2D eigenvalue weighted by Crippen LogP contribution is -2.33. The number of nitrogens with two attached hydrogens (primary N) is 1. The molecule has 0 aliphatic rings. The number of rotatable bonds is 10. The van der Waals surface area contributed by atoms with Crippen LogP contribution in [-0.2, 0) is 6.54 Å². The van der Waals surface area contributed by atoms with E-state index in [2.05, 4.69) is 18.8 Å². The van der Waals surface area contributed by atoms with Gasteiger partial charge in [-0.25, -0.2) is 0 Å². The molecule has 0 unspecified atom stereocenters. The molecule has 4 nitrogen and oxygen atoms in total. The largest absolute Gasteiger partial charge is 0.339 e. The number of unbranched alkanes of at least 4 members (excludes halogenated alkanes) is 4. The number of carbonyl (C=O) groups is 1. The van der Waals surface area contributed by atoms with Crippen LogP contribution in [0.25, 0.3) is 0 Å². The molecule has 118 valence electrons. The first kappa shape index (κ1) is 17.6. The minimum atomic E-state index is 0.110. The summed E-state index contributed by atoms with van der Waals surface area (Å²) in [6, 6.07) is 3.60. The van der Waals surface area contributed by atoms with Crippen molar-refractivity contribution in [2.24, 2.45) is 5.73 Å². The van der Waals surface area contributed by atoms with Gasteiger partial charge in [0.1, 0.15) is 0 Å². The molecule has 1 aromatic rings. The van der Waals surface area contributed by atoms with E-state index >= 15 is 0 Å². The van der Waals surface area contributed by atoms with Gasteiger partial charge in [-0.05, 0) is 25.0 Å². The summed E-state index contributed by atoms with van der Waals surface area (Å²) < 4.78 is 0. The zero-order valence-corrected chi connectivity index (χ0v) is 13.5. The van der Waals surface area contributed by atoms with Crippen LogP contribution in [-0.4, -0.2) is 28.9 Å². The van der Waals surface area contributed by atoms with Crippen LogP contribution in [0.5, 0.6) is 0 Å². The number of amides is 1. The van der Waals surface area contributed by atoms with E-state index in [0.717, 1.165) is 31.6 Å². The minimum Gasteiger partial charge on any atom is -0.339 e. The highest BCUT2D eigenvalue weighted by Gasteiger charge is 2.15. The van der Waals surface area contributed by atoms with E-state index in [1.54, 1.807) is 12.3 Å². The fourth-order valence-corrected chi connectivity index (χ4v) is 2.33. The van der Waals surface area contributed by atoms with Crippen LogP contribution in [0.2, 0.25) is 0 Å². The average molecular weight is 291 g/mol. The fraction of sp³-hybridized carbons (Fsp3) is 0.647. The molecular weight excluding hydrogens is 262 g/mol. The molecule has 0 saturated carbocycles. The van der Waals surface area contributed by atoms with Gasteiger partial charge < -0.3 is 10.6 Å². The highest BCUT2D eigenvalue weighted by molar-refractivity contribution is 5.94. The van der Waals surface area contributed by atoms with Crippen molar-refractivity contribution in [2.75, 3.05) is 13.1 Å². The Morgan fingerprint density at radius 1 is 1.14 bits per heavy atom. The Morgan fingerprint density at radius 2 is 1.76 bits per heavy atom. The molecule has 0 atom stereocenters. The van der Waals surface area contributed by atoms with Gasteiger partial charge in [0, 0.05) is 31.4 Å². The lowest BCUT2D eigenvalue weighted by atomic mass is 10.1. The molecule has 2 N–H and O–H groups in total. The highest BCUT2D eigenvalue weighted by atomic mass is 16.2. The Hall–Kier alpha value is -1.42. The maximum atomic E-state index is 12.7. The van der Waals surface area contributed by atoms with Gasteiger partial charge in [-0.2, -0.15) is 0 Å². The van der Waals surface area contributed by atoms with E-state index in [1.165, 1.54) is 25.7 Å². The van der Waals surface area contributed by atoms with Gasteiger partial charge in [0.2, 0.25) is 0 Å². The first-order chi connectivity index (χ1) is 10.2. The van der Waals surface area contributed by atoms with Crippen molar-refractivity contribution >= 4 is 5.91 Å². The Bertz CT molecular complexity index is 410. The monoisotopic (exact) mass is 291 g/mol. The normalized spacial score (nSPS) is 10.6. The van der Waals surface area contributed by atoms with Crippen molar-refractivity contribution in [3.8, 4) is 0 Å². The topological polar surface area (TPSA) is 59.2 Å². The van der Waals surface area contributed by atoms with Crippen LogP contribution >= 0.6 is 0 Å². The molecule has 1 aromatic heterocycles. The van der Waals surface area contributed by atoms with E-state index < -0.39 is 0 Å². The summed E-state index contributed by atoms with van der Waals surface area (Å²) >= 11 is 0. The molecule has 1 rings (SSSR count). The lowest BCUT2D eigenvalue weighted by Gasteiger charge is -2.23. The molecule has 0 bridgehead atoms. The highest BCUT2D eigenvalue weighted by Crippen LogP contribution is 2.10. The van der Waals surface area contributed by atoms with Gasteiger partial charge >= 0.3 is 0 Å². The maximum absolute atomic E-state index is 12.7. The van der Waals surface area contributed by atoms with Crippen molar-refractivity contribution < 1.29 is 4.79 Å². The lowest BCUT2D eigenvalue weighted by molar-refractivity contribution is 0.0749. The van der Waals surface area contributed by atoms with Gasteiger partial charge in [-0.15, -0.1) is 0 Å². The number of carbonyl (C=O) groups excluding carboxylic acids is 1. The van der Waals surface area contributed by atoms with E-state index in [-0.39, 0.29) is 5.91 Å². The summed E-state index contributed by atoms with van der Waals surface area (Å²) in [5.41, 5.74) is 7.08. The van der Waals surface area contributed by atoms with Crippen LogP contribution in [0, 0.1) is 0 Å². The molecule has 4 heteroatoms. The van der Waals surface area contributed by atoms with E-state index in [1.807, 2.05) is 11.0 Å². The Morgan fingerprint density at radius 3 is 2.29 bits per heavy atom. The summed E-state index contributed by atoms with van der Waals surface area (Å²) in [6.45, 7) is 6.42. The van der Waals surface area contributed by atoms with Crippen LogP contribution < -0.4 is 5.73 Å². The van der Waals surface area contributed by atoms with E-state index in [0.29, 0.717) is 12.1 Å². The standard InChI is InChI=1S/C17H29N3O/c1-3-5-7-11-20(12-8-6-4-2)17(21)15-9-10-19-16(13-15)14-18/h9-10,13H,3-8,11-12,14,18H2,1-2H3. The predicted molar refractivity (Wildman–Crippen MR) is 87.1 cm³/mol. The van der Waals surface area contributed by atoms with Gasteiger partial charge in [0.15, 0.2) is 0 Å². The zero-order valence-electron chi connectivity index (χ0n) is 13.5. The van der Waals surface area contributed by atoms with Crippen LogP contribution in [0.4, 0.5) is 0 Å². The quantitative estimate of drug-likeness (QED) is 0.672. The second-order valence-corrected chi connectivity index (χ2v) is 5.45. The summed E-state index contributed by atoms with van der Waals surface area (Å²) in [5, 5.41) is 0. The molecule has 0 aromatic carbocycles. The third-order valence-electron chi connectivity index (χ3n) is 3.62. The fourth-order valence-electron chi connectivity index (χ4n) is 2.33. The molecule has 0 radical (unpaired) electrons. The second-order valence-electron chi connectivity index (χ2n) is 5.45. The Balaban J connectivity index is 2.71. The SMILES string of the molecule is CCCCCN(CCCCC)C(=O)c1ccnc(CN)c1. The zero-order chi connectivity index (χ0) is 15.5. The molecule has 0 fully saturated rings. The molecule has 0 spiro atoms. The van der Waals surface area contributed by atoms with E-state index in [4.69, 9.17) is 5.73 Å². The Labute approximate surface area is 128 Å². The summed E-state index contributed by atoms with van der Waals surface area (Å²) in [4.78, 5) is 18.8. The number of pyridine rings is 1. The number of nitrogens with zero attached hydrogens (tertiary/aromatic N) is 2. The Kier molecular flexibility index (Phi) is 8.67. The molecule has 1 heterocycles. The van der Waals surface area contributed by atoms with Crippen molar-refractivity contribution in [1.29, 1.82) is 0 Å². The molecular formula is C17H29N3O. The smallest absolute Gasteiger partial charge is 0.253 e. The number of aromatic nitrogens is 1. The van der Waals surface area contributed by atoms with Gasteiger partial charge in [-0.1, -0.05) is 39.5 Å². The summed E-state index contributed by atoms with van der Waals surface area (Å²) in [5.74, 6) is 0.110. The minimum absolute atomic E-state index is 0.110. The van der Waals surface area contributed by atoms with Crippen LogP contribution in [0.1, 0.15) is 68.4 Å².